The van der Waals surface area contributed by atoms with Crippen LogP contribution in [0.3, 0.4) is 0 Å². The van der Waals surface area contributed by atoms with E-state index in [1.807, 2.05) is 59.5 Å². The van der Waals surface area contributed by atoms with Crippen LogP contribution in [0, 0.1) is 0 Å². The Balaban J connectivity index is 1.34. The first-order valence-corrected chi connectivity index (χ1v) is 9.64. The second kappa shape index (κ2) is 8.30. The van der Waals surface area contributed by atoms with E-state index in [9.17, 15) is 4.79 Å². The van der Waals surface area contributed by atoms with Crippen molar-refractivity contribution in [3.63, 3.8) is 0 Å². The van der Waals surface area contributed by atoms with Gasteiger partial charge in [-0.05, 0) is 29.8 Å². The summed E-state index contributed by atoms with van der Waals surface area (Å²) in [5, 5.41) is 1.07. The first kappa shape index (κ1) is 18.3. The monoisotopic (exact) mass is 376 g/mol. The molecular weight excluding hydrogens is 352 g/mol. The van der Waals surface area contributed by atoms with E-state index in [0.717, 1.165) is 40.8 Å². The summed E-state index contributed by atoms with van der Waals surface area (Å²) in [4.78, 5) is 19.0. The summed E-state index contributed by atoms with van der Waals surface area (Å²) in [6.07, 6.45) is 3.94. The molecule has 1 aromatic heterocycles. The number of aromatic nitrogens is 1. The predicted octanol–water partition coefficient (Wildman–Crippen LogP) is 3.86. The second-order valence-corrected chi connectivity index (χ2v) is 7.06. The first-order valence-electron chi connectivity index (χ1n) is 9.64. The molecule has 4 rings (SSSR count). The molecule has 1 saturated heterocycles. The number of nitrogens with zero attached hydrogens (tertiary/aromatic N) is 2. The van der Waals surface area contributed by atoms with Gasteiger partial charge in [0, 0.05) is 37.5 Å². The molecule has 0 spiro atoms. The maximum absolute atomic E-state index is 12.6. The highest BCUT2D eigenvalue weighted by atomic mass is 16.5. The normalized spacial score (nSPS) is 14.8. The van der Waals surface area contributed by atoms with Crippen LogP contribution in [0.15, 0.2) is 60.8 Å². The minimum absolute atomic E-state index is 0.105. The Morgan fingerprint density at radius 3 is 2.71 bits per heavy atom. The Morgan fingerprint density at radius 2 is 1.89 bits per heavy atom. The molecule has 28 heavy (non-hydrogen) atoms. The van der Waals surface area contributed by atoms with Gasteiger partial charge < -0.3 is 14.4 Å². The zero-order chi connectivity index (χ0) is 19.3. The van der Waals surface area contributed by atoms with E-state index < -0.39 is 0 Å². The van der Waals surface area contributed by atoms with Crippen molar-refractivity contribution in [2.45, 2.75) is 25.4 Å². The fraction of sp³-hybridized carbons (Fsp3) is 0.304. The van der Waals surface area contributed by atoms with Gasteiger partial charge >= 0.3 is 0 Å². The van der Waals surface area contributed by atoms with Crippen LogP contribution in [-0.4, -0.2) is 42.1 Å². The van der Waals surface area contributed by atoms with Gasteiger partial charge in [-0.3, -0.25) is 9.78 Å². The Bertz CT molecular complexity index is 959. The van der Waals surface area contributed by atoms with Gasteiger partial charge in [-0.1, -0.05) is 30.3 Å². The van der Waals surface area contributed by atoms with Crippen molar-refractivity contribution in [3.8, 4) is 11.5 Å². The van der Waals surface area contributed by atoms with E-state index in [4.69, 9.17) is 9.47 Å². The van der Waals surface area contributed by atoms with E-state index in [2.05, 4.69) is 4.98 Å². The van der Waals surface area contributed by atoms with Crippen LogP contribution in [0.1, 0.15) is 18.4 Å². The number of ether oxygens (including phenoxy) is 2. The standard InChI is InChI=1S/C23H24N2O3/c1-27-20-8-2-5-17(15-20)16-22(26)25-13-10-19(11-14-25)28-21-9-3-6-18-7-4-12-24-23(18)21/h2-9,12,15,19H,10-11,13-14,16H2,1H3. The number of carbonyl (C=O) groups excluding carboxylic acids is 1. The number of piperidine rings is 1. The average molecular weight is 376 g/mol. The van der Waals surface area contributed by atoms with Crippen molar-refractivity contribution in [2.75, 3.05) is 20.2 Å². The molecule has 1 amide bonds. The molecule has 0 radical (unpaired) electrons. The van der Waals surface area contributed by atoms with Crippen molar-refractivity contribution in [1.29, 1.82) is 0 Å². The number of methoxy groups -OCH3 is 1. The van der Waals surface area contributed by atoms with E-state index in [-0.39, 0.29) is 12.0 Å². The molecule has 0 N–H and O–H groups in total. The van der Waals surface area contributed by atoms with Crippen molar-refractivity contribution in [2.24, 2.45) is 0 Å². The zero-order valence-electron chi connectivity index (χ0n) is 16.0. The first-order chi connectivity index (χ1) is 13.7. The van der Waals surface area contributed by atoms with E-state index in [0.29, 0.717) is 19.5 Å². The Morgan fingerprint density at radius 1 is 1.11 bits per heavy atom. The molecule has 0 aliphatic carbocycles. The van der Waals surface area contributed by atoms with Crippen molar-refractivity contribution >= 4 is 16.8 Å². The smallest absolute Gasteiger partial charge is 0.226 e. The number of hydrogen-bond acceptors (Lipinski definition) is 4. The summed E-state index contributed by atoms with van der Waals surface area (Å²) < 4.78 is 11.5. The van der Waals surface area contributed by atoms with Crippen LogP contribution < -0.4 is 9.47 Å². The fourth-order valence-electron chi connectivity index (χ4n) is 3.64. The van der Waals surface area contributed by atoms with Gasteiger partial charge in [-0.15, -0.1) is 0 Å². The maximum atomic E-state index is 12.6. The highest BCUT2D eigenvalue weighted by molar-refractivity contribution is 5.84. The largest absolute Gasteiger partial charge is 0.497 e. The number of fused-ring (bicyclic) bond motifs is 1. The van der Waals surface area contributed by atoms with Crippen molar-refractivity contribution in [1.82, 2.24) is 9.88 Å². The fourth-order valence-corrected chi connectivity index (χ4v) is 3.64. The minimum Gasteiger partial charge on any atom is -0.497 e. The molecule has 2 heterocycles. The molecule has 0 bridgehead atoms. The van der Waals surface area contributed by atoms with Gasteiger partial charge in [0.1, 0.15) is 23.1 Å². The van der Waals surface area contributed by atoms with Crippen LogP contribution in [0.4, 0.5) is 0 Å². The molecule has 1 aliphatic rings. The molecule has 3 aromatic rings. The van der Waals surface area contributed by atoms with Crippen LogP contribution in [0.5, 0.6) is 11.5 Å². The van der Waals surface area contributed by atoms with Gasteiger partial charge in [0.05, 0.1) is 13.5 Å². The van der Waals surface area contributed by atoms with Gasteiger partial charge in [0.2, 0.25) is 5.91 Å². The van der Waals surface area contributed by atoms with E-state index >= 15 is 0 Å². The highest BCUT2D eigenvalue weighted by Crippen LogP contribution is 2.26. The van der Waals surface area contributed by atoms with Gasteiger partial charge in [0.25, 0.3) is 0 Å². The van der Waals surface area contributed by atoms with Crippen LogP contribution in [0.25, 0.3) is 10.9 Å². The number of carbonyl (C=O) groups is 1. The number of benzene rings is 2. The molecule has 1 aliphatic heterocycles. The molecule has 0 atom stereocenters. The lowest BCUT2D eigenvalue weighted by atomic mass is 10.1. The molecule has 5 heteroatoms. The molecule has 0 unspecified atom stereocenters. The maximum Gasteiger partial charge on any atom is 0.226 e. The SMILES string of the molecule is COc1cccc(CC(=O)N2CCC(Oc3cccc4cccnc34)CC2)c1. The lowest BCUT2D eigenvalue weighted by Gasteiger charge is -2.32. The molecule has 5 nitrogen and oxygen atoms in total. The summed E-state index contributed by atoms with van der Waals surface area (Å²) in [5.74, 6) is 1.75. The third-order valence-electron chi connectivity index (χ3n) is 5.17. The molecular formula is C23H24N2O3. The predicted molar refractivity (Wildman–Crippen MR) is 109 cm³/mol. The molecule has 2 aromatic carbocycles. The quantitative estimate of drug-likeness (QED) is 0.679. The summed E-state index contributed by atoms with van der Waals surface area (Å²) in [6.45, 7) is 1.43. The van der Waals surface area contributed by atoms with E-state index in [1.54, 1.807) is 13.3 Å². The number of hydrogen-bond donors (Lipinski definition) is 0. The number of pyridine rings is 1. The highest BCUT2D eigenvalue weighted by Gasteiger charge is 2.24. The van der Waals surface area contributed by atoms with Crippen LogP contribution in [0.2, 0.25) is 0 Å². The lowest BCUT2D eigenvalue weighted by Crippen LogP contribution is -2.42. The Labute approximate surface area is 164 Å². The zero-order valence-corrected chi connectivity index (χ0v) is 16.0. The number of rotatable bonds is 5. The summed E-state index contributed by atoms with van der Waals surface area (Å²) in [5.41, 5.74) is 1.87. The van der Waals surface area contributed by atoms with Gasteiger partial charge in [0.15, 0.2) is 0 Å². The van der Waals surface area contributed by atoms with Gasteiger partial charge in [-0.2, -0.15) is 0 Å². The summed E-state index contributed by atoms with van der Waals surface area (Å²) in [7, 11) is 1.64. The van der Waals surface area contributed by atoms with Crippen molar-refractivity contribution < 1.29 is 14.3 Å². The summed E-state index contributed by atoms with van der Waals surface area (Å²) >= 11 is 0. The number of likely N-dealkylation sites (tertiary alicyclic amines) is 1. The van der Waals surface area contributed by atoms with E-state index in [1.165, 1.54) is 0 Å². The van der Waals surface area contributed by atoms with Crippen LogP contribution >= 0.6 is 0 Å². The number of para-hydroxylation sites is 1. The molecule has 144 valence electrons. The van der Waals surface area contributed by atoms with Crippen LogP contribution in [-0.2, 0) is 11.2 Å². The third kappa shape index (κ3) is 4.09. The minimum atomic E-state index is 0.105. The second-order valence-electron chi connectivity index (χ2n) is 7.06. The lowest BCUT2D eigenvalue weighted by molar-refractivity contribution is -0.132. The van der Waals surface area contributed by atoms with Crippen molar-refractivity contribution in [3.05, 3.63) is 66.4 Å². The van der Waals surface area contributed by atoms with Gasteiger partial charge in [-0.25, -0.2) is 0 Å². The Kier molecular flexibility index (Phi) is 5.42. The topological polar surface area (TPSA) is 51.7 Å². The Hall–Kier alpha value is -3.08. The summed E-state index contributed by atoms with van der Waals surface area (Å²) in [6, 6.07) is 17.6. The molecule has 0 saturated carbocycles. The number of amides is 1. The third-order valence-corrected chi connectivity index (χ3v) is 5.17. The molecule has 1 fully saturated rings. The average Bonchev–Trinajstić information content (AvgIpc) is 2.74.